The molecule has 1 rings (SSSR count). The van der Waals surface area contributed by atoms with Crippen LogP contribution in [0.4, 0.5) is 0 Å². The highest BCUT2D eigenvalue weighted by Gasteiger charge is 1.98. The maximum absolute atomic E-state index is 10.1. The van der Waals surface area contributed by atoms with Gasteiger partial charge in [-0.1, -0.05) is 0 Å². The number of hydrogen-bond donors (Lipinski definition) is 1. The molecule has 0 radical (unpaired) electrons. The molecule has 1 aromatic heterocycles. The Bertz CT molecular complexity index is 180. The van der Waals surface area contributed by atoms with Crippen molar-refractivity contribution in [3.05, 3.63) is 22.4 Å². The summed E-state index contributed by atoms with van der Waals surface area (Å²) in [6.07, 6.45) is 0. The van der Waals surface area contributed by atoms with Gasteiger partial charge in [0, 0.05) is 5.38 Å². The van der Waals surface area contributed by atoms with Crippen LogP contribution in [0.3, 0.4) is 0 Å². The molecule has 0 aliphatic rings. The van der Waals surface area contributed by atoms with Gasteiger partial charge in [-0.15, -0.1) is 0 Å². The second-order valence-electron chi connectivity index (χ2n) is 1.32. The van der Waals surface area contributed by atoms with E-state index in [1.54, 1.807) is 16.8 Å². The van der Waals surface area contributed by atoms with Crippen molar-refractivity contribution in [1.29, 1.82) is 0 Å². The first-order valence-corrected chi connectivity index (χ1v) is 3.00. The summed E-state index contributed by atoms with van der Waals surface area (Å²) in [5.74, 6) is -0.855. The van der Waals surface area contributed by atoms with Crippen LogP contribution in [0.25, 0.3) is 0 Å². The van der Waals surface area contributed by atoms with Crippen LogP contribution in [-0.2, 0) is 0 Å². The Morgan fingerprint density at radius 2 is 2.33 bits per heavy atom. The van der Waals surface area contributed by atoms with Gasteiger partial charge in [-0.2, -0.15) is 11.3 Å². The van der Waals surface area contributed by atoms with E-state index in [1.807, 2.05) is 0 Å². The van der Waals surface area contributed by atoms with Crippen molar-refractivity contribution < 1.29 is 15.4 Å². The van der Waals surface area contributed by atoms with Crippen molar-refractivity contribution in [3.63, 3.8) is 0 Å². The van der Waals surface area contributed by atoms with Crippen LogP contribution in [0, 0.1) is 0 Å². The lowest BCUT2D eigenvalue weighted by atomic mass is 10.4. The zero-order valence-corrected chi connectivity index (χ0v) is 5.31. The first kappa shape index (κ1) is 8.13. The lowest BCUT2D eigenvalue weighted by molar-refractivity contribution is 0.0697. The lowest BCUT2D eigenvalue weighted by Crippen LogP contribution is -1.90. The molecule has 0 saturated carbocycles. The Morgan fingerprint density at radius 3 is 2.56 bits per heavy atom. The Balaban J connectivity index is 0.000000640. The molecule has 0 bridgehead atoms. The average Bonchev–Trinajstić information content (AvgIpc) is 2.12. The first-order valence-electron chi connectivity index (χ1n) is 2.06. The van der Waals surface area contributed by atoms with Crippen molar-refractivity contribution in [2.45, 2.75) is 0 Å². The lowest BCUT2D eigenvalue weighted by Gasteiger charge is -1.78. The Hall–Kier alpha value is -0.870. The van der Waals surface area contributed by atoms with E-state index in [4.69, 9.17) is 5.11 Å². The standard InChI is InChI=1S/C5H4O2S.H2O/c6-5(7)4-1-2-8-3-4;/h1-3H,(H,6,7);1H2. The largest absolute Gasteiger partial charge is 0.478 e. The van der Waals surface area contributed by atoms with Gasteiger partial charge in [-0.25, -0.2) is 4.79 Å². The van der Waals surface area contributed by atoms with Crippen LogP contribution in [0.5, 0.6) is 0 Å². The highest BCUT2D eigenvalue weighted by atomic mass is 32.1. The minimum absolute atomic E-state index is 0. The fourth-order valence-electron chi connectivity index (χ4n) is 0.386. The van der Waals surface area contributed by atoms with E-state index in [-0.39, 0.29) is 5.48 Å². The van der Waals surface area contributed by atoms with Crippen LogP contribution in [0.2, 0.25) is 0 Å². The van der Waals surface area contributed by atoms with E-state index in [9.17, 15) is 4.79 Å². The quantitative estimate of drug-likeness (QED) is 0.631. The minimum Gasteiger partial charge on any atom is -0.478 e. The third kappa shape index (κ3) is 1.83. The molecule has 1 heterocycles. The summed E-state index contributed by atoms with van der Waals surface area (Å²) in [5, 5.41) is 11.6. The molecule has 1 aromatic rings. The smallest absolute Gasteiger partial charge is 0.336 e. The molecule has 4 heteroatoms. The third-order valence-electron chi connectivity index (χ3n) is 0.768. The molecule has 0 saturated heterocycles. The van der Waals surface area contributed by atoms with Crippen molar-refractivity contribution >= 4 is 17.3 Å². The van der Waals surface area contributed by atoms with Gasteiger partial charge < -0.3 is 10.6 Å². The number of carbonyl (C=O) groups is 1. The predicted molar refractivity (Wildman–Crippen MR) is 34.9 cm³/mol. The van der Waals surface area contributed by atoms with E-state index in [1.165, 1.54) is 11.3 Å². The molecule has 0 aliphatic heterocycles. The van der Waals surface area contributed by atoms with E-state index in [2.05, 4.69) is 0 Å². The van der Waals surface area contributed by atoms with Crippen molar-refractivity contribution in [3.8, 4) is 0 Å². The second-order valence-corrected chi connectivity index (χ2v) is 2.10. The molecule has 0 aliphatic carbocycles. The summed E-state index contributed by atoms with van der Waals surface area (Å²) in [7, 11) is 0. The van der Waals surface area contributed by atoms with Crippen molar-refractivity contribution in [1.82, 2.24) is 0 Å². The molecule has 9 heavy (non-hydrogen) atoms. The number of hydrogen-bond acceptors (Lipinski definition) is 2. The highest BCUT2D eigenvalue weighted by molar-refractivity contribution is 7.08. The zero-order chi connectivity index (χ0) is 5.98. The van der Waals surface area contributed by atoms with Crippen molar-refractivity contribution in [2.75, 3.05) is 0 Å². The van der Waals surface area contributed by atoms with Gasteiger partial charge in [-0.05, 0) is 11.4 Å². The maximum atomic E-state index is 10.1. The fraction of sp³-hybridized carbons (Fsp3) is 0. The highest BCUT2D eigenvalue weighted by Crippen LogP contribution is 2.04. The summed E-state index contributed by atoms with van der Waals surface area (Å²) in [6.45, 7) is 0. The molecular weight excluding hydrogens is 140 g/mol. The second kappa shape index (κ2) is 3.21. The number of aromatic carboxylic acids is 1. The summed E-state index contributed by atoms with van der Waals surface area (Å²) in [4.78, 5) is 10.1. The van der Waals surface area contributed by atoms with Crippen LogP contribution < -0.4 is 0 Å². The monoisotopic (exact) mass is 146 g/mol. The van der Waals surface area contributed by atoms with Gasteiger partial charge >= 0.3 is 5.97 Å². The van der Waals surface area contributed by atoms with Gasteiger partial charge in [0.1, 0.15) is 0 Å². The molecule has 3 nitrogen and oxygen atoms in total. The molecule has 0 atom stereocenters. The molecular formula is C5H6O3S. The van der Waals surface area contributed by atoms with E-state index >= 15 is 0 Å². The van der Waals surface area contributed by atoms with Crippen LogP contribution >= 0.6 is 11.3 Å². The Labute approximate surface area is 55.9 Å². The number of thiophene rings is 1. The minimum atomic E-state index is -0.855. The van der Waals surface area contributed by atoms with Gasteiger partial charge in [0.15, 0.2) is 0 Å². The van der Waals surface area contributed by atoms with Gasteiger partial charge in [-0.3, -0.25) is 0 Å². The van der Waals surface area contributed by atoms with Gasteiger partial charge in [0.2, 0.25) is 0 Å². The van der Waals surface area contributed by atoms with Gasteiger partial charge in [0.25, 0.3) is 0 Å². The van der Waals surface area contributed by atoms with E-state index in [0.29, 0.717) is 5.56 Å². The molecule has 0 aromatic carbocycles. The third-order valence-corrected chi connectivity index (χ3v) is 1.45. The van der Waals surface area contributed by atoms with Crippen LogP contribution in [0.1, 0.15) is 10.4 Å². The molecule has 0 unspecified atom stereocenters. The molecule has 0 fully saturated rings. The number of carboxylic acid groups (broad SMARTS) is 1. The van der Waals surface area contributed by atoms with Crippen LogP contribution in [-0.4, -0.2) is 16.6 Å². The summed E-state index contributed by atoms with van der Waals surface area (Å²) >= 11 is 1.39. The molecule has 0 spiro atoms. The summed E-state index contributed by atoms with van der Waals surface area (Å²) < 4.78 is 0. The van der Waals surface area contributed by atoms with E-state index in [0.717, 1.165) is 0 Å². The predicted octanol–water partition coefficient (Wildman–Crippen LogP) is 0.622. The van der Waals surface area contributed by atoms with Crippen molar-refractivity contribution in [2.24, 2.45) is 0 Å². The number of rotatable bonds is 1. The van der Waals surface area contributed by atoms with Crippen LogP contribution in [0.15, 0.2) is 16.8 Å². The molecule has 0 amide bonds. The first-order chi connectivity index (χ1) is 3.80. The van der Waals surface area contributed by atoms with E-state index < -0.39 is 5.97 Å². The average molecular weight is 146 g/mol. The topological polar surface area (TPSA) is 68.8 Å². The summed E-state index contributed by atoms with van der Waals surface area (Å²) in [5.41, 5.74) is 0.370. The Morgan fingerprint density at radius 1 is 1.67 bits per heavy atom. The molecule has 3 N–H and O–H groups in total. The summed E-state index contributed by atoms with van der Waals surface area (Å²) in [6, 6.07) is 1.58. The SMILES string of the molecule is O.O=C(O)c1ccsc1. The van der Waals surface area contributed by atoms with Gasteiger partial charge in [0.05, 0.1) is 5.56 Å². The fourth-order valence-corrected chi connectivity index (χ4v) is 1.02. The normalized spacial score (nSPS) is 8.00. The molecule has 50 valence electrons. The zero-order valence-electron chi connectivity index (χ0n) is 4.50. The Kier molecular flexibility index (Phi) is 2.90. The maximum Gasteiger partial charge on any atom is 0.336 e. The number of carboxylic acids is 1.